The SMILES string of the molecule is O=C(O)c1ccc(CNCc2csc(=O)[nH]2)cc1. The highest BCUT2D eigenvalue weighted by atomic mass is 32.1. The van der Waals surface area contributed by atoms with E-state index in [1.165, 1.54) is 0 Å². The Morgan fingerprint density at radius 3 is 2.56 bits per heavy atom. The average Bonchev–Trinajstić information content (AvgIpc) is 2.76. The van der Waals surface area contributed by atoms with E-state index in [-0.39, 0.29) is 10.4 Å². The summed E-state index contributed by atoms with van der Waals surface area (Å²) in [6, 6.07) is 6.69. The van der Waals surface area contributed by atoms with E-state index in [0.29, 0.717) is 13.1 Å². The summed E-state index contributed by atoms with van der Waals surface area (Å²) in [4.78, 5) is 24.2. The smallest absolute Gasteiger partial charge is 0.335 e. The molecule has 0 unspecified atom stereocenters. The van der Waals surface area contributed by atoms with E-state index in [9.17, 15) is 9.59 Å². The minimum atomic E-state index is -0.926. The average molecular weight is 264 g/mol. The Balaban J connectivity index is 1.86. The van der Waals surface area contributed by atoms with Crippen LogP contribution >= 0.6 is 11.3 Å². The first kappa shape index (κ1) is 12.5. The van der Waals surface area contributed by atoms with Crippen LogP contribution in [0.4, 0.5) is 0 Å². The molecule has 2 aromatic rings. The van der Waals surface area contributed by atoms with Gasteiger partial charge in [-0.05, 0) is 17.7 Å². The van der Waals surface area contributed by atoms with Crippen LogP contribution in [0.3, 0.4) is 0 Å². The second kappa shape index (κ2) is 5.61. The fourth-order valence-electron chi connectivity index (χ4n) is 1.51. The zero-order chi connectivity index (χ0) is 13.0. The summed E-state index contributed by atoms with van der Waals surface area (Å²) >= 11 is 1.14. The number of aromatic nitrogens is 1. The number of carboxylic acids is 1. The van der Waals surface area contributed by atoms with Crippen LogP contribution in [0.25, 0.3) is 0 Å². The molecule has 3 N–H and O–H groups in total. The van der Waals surface area contributed by atoms with E-state index < -0.39 is 5.97 Å². The van der Waals surface area contributed by atoms with Gasteiger partial charge in [-0.25, -0.2) is 4.79 Å². The first-order valence-corrected chi connectivity index (χ1v) is 6.23. The van der Waals surface area contributed by atoms with Crippen LogP contribution in [-0.2, 0) is 13.1 Å². The van der Waals surface area contributed by atoms with Crippen molar-refractivity contribution in [3.05, 3.63) is 56.1 Å². The Kier molecular flexibility index (Phi) is 3.91. The molecule has 0 atom stereocenters. The lowest BCUT2D eigenvalue weighted by atomic mass is 10.1. The van der Waals surface area contributed by atoms with Gasteiger partial charge in [0.25, 0.3) is 0 Å². The maximum Gasteiger partial charge on any atom is 0.335 e. The summed E-state index contributed by atoms with van der Waals surface area (Å²) in [6.07, 6.45) is 0. The molecule has 94 valence electrons. The number of rotatable bonds is 5. The summed E-state index contributed by atoms with van der Waals surface area (Å²) in [7, 11) is 0. The van der Waals surface area contributed by atoms with Crippen molar-refractivity contribution in [2.24, 2.45) is 0 Å². The van der Waals surface area contributed by atoms with Crippen molar-refractivity contribution in [2.45, 2.75) is 13.1 Å². The number of thiazole rings is 1. The Hall–Kier alpha value is -1.92. The highest BCUT2D eigenvalue weighted by molar-refractivity contribution is 7.07. The molecule has 0 aliphatic rings. The molecule has 1 heterocycles. The number of benzene rings is 1. The third-order valence-corrected chi connectivity index (χ3v) is 3.13. The van der Waals surface area contributed by atoms with Crippen molar-refractivity contribution < 1.29 is 9.90 Å². The molecule has 1 aromatic carbocycles. The molecule has 0 aliphatic heterocycles. The molecule has 2 rings (SSSR count). The zero-order valence-electron chi connectivity index (χ0n) is 9.47. The number of aromatic carboxylic acids is 1. The van der Waals surface area contributed by atoms with Crippen LogP contribution in [0, 0.1) is 0 Å². The lowest BCUT2D eigenvalue weighted by molar-refractivity contribution is 0.0697. The number of carboxylic acid groups (broad SMARTS) is 1. The molecule has 0 aliphatic carbocycles. The fraction of sp³-hybridized carbons (Fsp3) is 0.167. The monoisotopic (exact) mass is 264 g/mol. The maximum absolute atomic E-state index is 10.9. The highest BCUT2D eigenvalue weighted by Crippen LogP contribution is 2.04. The van der Waals surface area contributed by atoms with E-state index >= 15 is 0 Å². The molecule has 0 bridgehead atoms. The van der Waals surface area contributed by atoms with Gasteiger partial charge in [-0.3, -0.25) is 4.79 Å². The standard InChI is InChI=1S/C12H12N2O3S/c15-11(16)9-3-1-8(2-4-9)5-13-6-10-7-18-12(17)14-10/h1-4,7,13H,5-6H2,(H,14,17)(H,15,16). The quantitative estimate of drug-likeness (QED) is 0.763. The molecule has 6 heteroatoms. The van der Waals surface area contributed by atoms with Crippen LogP contribution in [0.5, 0.6) is 0 Å². The van der Waals surface area contributed by atoms with Crippen molar-refractivity contribution >= 4 is 17.3 Å². The largest absolute Gasteiger partial charge is 0.478 e. The van der Waals surface area contributed by atoms with Gasteiger partial charge in [-0.2, -0.15) is 0 Å². The number of hydrogen-bond acceptors (Lipinski definition) is 4. The van der Waals surface area contributed by atoms with Crippen molar-refractivity contribution in [1.82, 2.24) is 10.3 Å². The van der Waals surface area contributed by atoms with Gasteiger partial charge in [0.05, 0.1) is 5.56 Å². The summed E-state index contributed by atoms with van der Waals surface area (Å²) in [5, 5.41) is 13.7. The van der Waals surface area contributed by atoms with Gasteiger partial charge in [0.2, 0.25) is 0 Å². The van der Waals surface area contributed by atoms with Crippen LogP contribution < -0.4 is 10.2 Å². The topological polar surface area (TPSA) is 82.2 Å². The first-order valence-electron chi connectivity index (χ1n) is 5.35. The predicted molar refractivity (Wildman–Crippen MR) is 68.9 cm³/mol. The van der Waals surface area contributed by atoms with Crippen LogP contribution in [0.1, 0.15) is 21.6 Å². The Bertz CT molecular complexity index is 586. The van der Waals surface area contributed by atoms with Gasteiger partial charge in [-0.1, -0.05) is 23.5 Å². The van der Waals surface area contributed by atoms with E-state index in [0.717, 1.165) is 22.6 Å². The number of carbonyl (C=O) groups is 1. The molecular formula is C12H12N2O3S. The normalized spacial score (nSPS) is 10.4. The second-order valence-electron chi connectivity index (χ2n) is 3.78. The van der Waals surface area contributed by atoms with Crippen molar-refractivity contribution in [1.29, 1.82) is 0 Å². The van der Waals surface area contributed by atoms with Crippen molar-refractivity contribution in [2.75, 3.05) is 0 Å². The molecule has 1 aromatic heterocycles. The van der Waals surface area contributed by atoms with E-state index in [1.54, 1.807) is 29.6 Å². The predicted octanol–water partition coefficient (Wildman–Crippen LogP) is 1.42. The van der Waals surface area contributed by atoms with Gasteiger partial charge in [0.1, 0.15) is 0 Å². The lowest BCUT2D eigenvalue weighted by Gasteiger charge is -2.03. The molecule has 0 radical (unpaired) electrons. The van der Waals surface area contributed by atoms with Crippen LogP contribution in [0.2, 0.25) is 0 Å². The number of H-pyrrole nitrogens is 1. The molecule has 0 fully saturated rings. The van der Waals surface area contributed by atoms with E-state index in [1.807, 2.05) is 0 Å². The van der Waals surface area contributed by atoms with E-state index in [2.05, 4.69) is 10.3 Å². The number of aromatic amines is 1. The Morgan fingerprint density at radius 1 is 1.28 bits per heavy atom. The fourth-order valence-corrected chi connectivity index (χ4v) is 2.09. The molecule has 18 heavy (non-hydrogen) atoms. The minimum absolute atomic E-state index is 0.0578. The number of hydrogen-bond donors (Lipinski definition) is 3. The van der Waals surface area contributed by atoms with Gasteiger partial charge in [0, 0.05) is 24.2 Å². The van der Waals surface area contributed by atoms with Crippen LogP contribution in [0.15, 0.2) is 34.4 Å². The van der Waals surface area contributed by atoms with Crippen LogP contribution in [-0.4, -0.2) is 16.1 Å². The first-order chi connectivity index (χ1) is 8.65. The van der Waals surface area contributed by atoms with Gasteiger partial charge in [0.15, 0.2) is 0 Å². The summed E-state index contributed by atoms with van der Waals surface area (Å²) < 4.78 is 0. The van der Waals surface area contributed by atoms with Gasteiger partial charge in [-0.15, -0.1) is 0 Å². The maximum atomic E-state index is 10.9. The van der Waals surface area contributed by atoms with Crippen molar-refractivity contribution in [3.8, 4) is 0 Å². The third-order valence-electron chi connectivity index (χ3n) is 2.42. The molecule has 0 saturated carbocycles. The second-order valence-corrected chi connectivity index (χ2v) is 4.62. The summed E-state index contributed by atoms with van der Waals surface area (Å²) in [5.41, 5.74) is 2.13. The Labute approximate surface area is 107 Å². The summed E-state index contributed by atoms with van der Waals surface area (Å²) in [5.74, 6) is -0.926. The lowest BCUT2D eigenvalue weighted by Crippen LogP contribution is -2.13. The number of nitrogens with one attached hydrogen (secondary N) is 2. The van der Waals surface area contributed by atoms with E-state index in [4.69, 9.17) is 5.11 Å². The Morgan fingerprint density at radius 2 is 2.00 bits per heavy atom. The summed E-state index contributed by atoms with van der Waals surface area (Å²) in [6.45, 7) is 1.21. The molecule has 0 spiro atoms. The van der Waals surface area contributed by atoms with Gasteiger partial charge >= 0.3 is 10.8 Å². The highest BCUT2D eigenvalue weighted by Gasteiger charge is 2.01. The van der Waals surface area contributed by atoms with Gasteiger partial charge < -0.3 is 15.4 Å². The van der Waals surface area contributed by atoms with Crippen molar-refractivity contribution in [3.63, 3.8) is 0 Å². The molecule has 5 nitrogen and oxygen atoms in total. The molecule has 0 saturated heterocycles. The molecular weight excluding hydrogens is 252 g/mol. The third kappa shape index (κ3) is 3.28. The minimum Gasteiger partial charge on any atom is -0.478 e. The zero-order valence-corrected chi connectivity index (χ0v) is 10.3. The molecule has 0 amide bonds.